The van der Waals surface area contributed by atoms with E-state index in [4.69, 9.17) is 19.2 Å². The number of benzene rings is 4. The van der Waals surface area contributed by atoms with Crippen LogP contribution in [0.5, 0.6) is 11.6 Å². The fraction of sp³-hybridized carbons (Fsp3) is 0.311. The van der Waals surface area contributed by atoms with Crippen LogP contribution in [0.4, 0.5) is 0 Å². The maximum atomic E-state index is 14.2. The minimum Gasteiger partial charge on any atom is -0.482 e. The Bertz CT molecular complexity index is 2020. The summed E-state index contributed by atoms with van der Waals surface area (Å²) in [5.74, 6) is 7.54. The first-order valence-corrected chi connectivity index (χ1v) is 18.7. The van der Waals surface area contributed by atoms with Crippen molar-refractivity contribution in [2.45, 2.75) is 52.2 Å². The van der Waals surface area contributed by atoms with Crippen LogP contribution in [-0.2, 0) is 35.8 Å². The van der Waals surface area contributed by atoms with Gasteiger partial charge in [0.25, 0.3) is 5.88 Å². The summed E-state index contributed by atoms with van der Waals surface area (Å²) >= 11 is 0. The number of piperazine rings is 1. The SMILES string of the molecule is CC(C)N1CCN(Cc2ncnc(OCc3ccccc3)c2OCc2ccccc2)C(c2ccc(C#Cc3ccc(CN4CCOCC4)cc3)cc2)C1=O. The topological polar surface area (TPSA) is 80.3 Å². The lowest BCUT2D eigenvalue weighted by molar-refractivity contribution is -0.144. The molecule has 54 heavy (non-hydrogen) atoms. The smallest absolute Gasteiger partial charge is 0.260 e. The molecular formula is C45H47N5O4. The Hall–Kier alpha value is -5.53. The number of morpholine rings is 1. The van der Waals surface area contributed by atoms with Crippen LogP contribution in [-0.4, -0.2) is 76.0 Å². The molecule has 2 aliphatic rings. The molecular weight excluding hydrogens is 675 g/mol. The standard InChI is InChI=1S/C45H47N5O4/c1-34(2)50-24-23-49(30-41-43(53-31-38-9-5-3-6-10-38)44(47-33-46-41)54-32-39-11-7-4-8-12-39)42(45(50)51)40-21-19-36(20-22-40)14-13-35-15-17-37(18-16-35)29-48-25-27-52-28-26-48/h3-12,15-22,33-34,42H,23-32H2,1-2H3. The van der Waals surface area contributed by atoms with Gasteiger partial charge in [-0.05, 0) is 60.4 Å². The Balaban J connectivity index is 1.10. The fourth-order valence-corrected chi connectivity index (χ4v) is 6.83. The second-order valence-corrected chi connectivity index (χ2v) is 14.0. The van der Waals surface area contributed by atoms with Gasteiger partial charge in [-0.1, -0.05) is 96.8 Å². The van der Waals surface area contributed by atoms with Crippen molar-refractivity contribution in [2.75, 3.05) is 39.4 Å². The average molecular weight is 722 g/mol. The third-order valence-electron chi connectivity index (χ3n) is 9.82. The highest BCUT2D eigenvalue weighted by Gasteiger charge is 2.37. The first-order chi connectivity index (χ1) is 26.5. The maximum Gasteiger partial charge on any atom is 0.260 e. The van der Waals surface area contributed by atoms with Crippen molar-refractivity contribution in [1.29, 1.82) is 0 Å². The van der Waals surface area contributed by atoms with Crippen LogP contribution in [0.2, 0.25) is 0 Å². The van der Waals surface area contributed by atoms with Crippen molar-refractivity contribution in [3.05, 3.63) is 155 Å². The van der Waals surface area contributed by atoms with Gasteiger partial charge in [0.15, 0.2) is 0 Å². The molecule has 0 bridgehead atoms. The second-order valence-electron chi connectivity index (χ2n) is 14.0. The van der Waals surface area contributed by atoms with E-state index < -0.39 is 6.04 Å². The quantitative estimate of drug-likeness (QED) is 0.133. The van der Waals surface area contributed by atoms with Crippen LogP contribution < -0.4 is 9.47 Å². The molecule has 1 unspecified atom stereocenters. The molecule has 5 aromatic rings. The summed E-state index contributed by atoms with van der Waals surface area (Å²) in [6.07, 6.45) is 1.51. The molecule has 3 heterocycles. The lowest BCUT2D eigenvalue weighted by Crippen LogP contribution is -2.54. The molecule has 1 atom stereocenters. The largest absolute Gasteiger partial charge is 0.482 e. The van der Waals surface area contributed by atoms with Crippen molar-refractivity contribution in [2.24, 2.45) is 0 Å². The molecule has 0 spiro atoms. The van der Waals surface area contributed by atoms with Crippen LogP contribution in [0.3, 0.4) is 0 Å². The normalized spacial score (nSPS) is 16.5. The number of aromatic nitrogens is 2. The number of rotatable bonds is 12. The van der Waals surface area contributed by atoms with Crippen LogP contribution in [0.25, 0.3) is 0 Å². The molecule has 1 amide bonds. The van der Waals surface area contributed by atoms with E-state index >= 15 is 0 Å². The average Bonchev–Trinajstić information content (AvgIpc) is 3.21. The van der Waals surface area contributed by atoms with E-state index in [-0.39, 0.29) is 11.9 Å². The molecule has 1 aromatic heterocycles. The molecule has 7 rings (SSSR count). The lowest BCUT2D eigenvalue weighted by atomic mass is 9.98. The van der Waals surface area contributed by atoms with E-state index in [0.717, 1.165) is 60.7 Å². The zero-order valence-corrected chi connectivity index (χ0v) is 31.1. The van der Waals surface area contributed by atoms with Crippen LogP contribution >= 0.6 is 0 Å². The van der Waals surface area contributed by atoms with Gasteiger partial charge in [0.05, 0.1) is 13.2 Å². The summed E-state index contributed by atoms with van der Waals surface area (Å²) < 4.78 is 18.2. The first kappa shape index (κ1) is 36.8. The predicted molar refractivity (Wildman–Crippen MR) is 209 cm³/mol. The van der Waals surface area contributed by atoms with Crippen LogP contribution in [0.1, 0.15) is 59.0 Å². The van der Waals surface area contributed by atoms with Gasteiger partial charge in [-0.25, -0.2) is 4.98 Å². The first-order valence-electron chi connectivity index (χ1n) is 18.7. The molecule has 0 saturated carbocycles. The molecule has 4 aromatic carbocycles. The van der Waals surface area contributed by atoms with Crippen molar-refractivity contribution in [3.8, 4) is 23.5 Å². The molecule has 9 nitrogen and oxygen atoms in total. The Morgan fingerprint density at radius 3 is 1.94 bits per heavy atom. The minimum atomic E-state index is -0.507. The Kier molecular flexibility index (Phi) is 12.3. The van der Waals surface area contributed by atoms with Gasteiger partial charge in [0.2, 0.25) is 11.7 Å². The molecule has 2 saturated heterocycles. The van der Waals surface area contributed by atoms with Gasteiger partial charge < -0.3 is 19.1 Å². The highest BCUT2D eigenvalue weighted by atomic mass is 16.5. The number of nitrogens with zero attached hydrogens (tertiary/aromatic N) is 5. The highest BCUT2D eigenvalue weighted by Crippen LogP contribution is 2.34. The van der Waals surface area contributed by atoms with Crippen molar-refractivity contribution in [3.63, 3.8) is 0 Å². The minimum absolute atomic E-state index is 0.0635. The Morgan fingerprint density at radius 2 is 1.31 bits per heavy atom. The maximum absolute atomic E-state index is 14.2. The van der Waals surface area contributed by atoms with E-state index in [1.807, 2.05) is 89.8 Å². The van der Waals surface area contributed by atoms with E-state index in [9.17, 15) is 4.79 Å². The number of hydrogen-bond acceptors (Lipinski definition) is 8. The summed E-state index contributed by atoms with van der Waals surface area (Å²) in [6, 6.07) is 36.1. The summed E-state index contributed by atoms with van der Waals surface area (Å²) in [7, 11) is 0. The monoisotopic (exact) mass is 721 g/mol. The van der Waals surface area contributed by atoms with Crippen LogP contribution in [0, 0.1) is 11.8 Å². The predicted octanol–water partition coefficient (Wildman–Crippen LogP) is 6.66. The van der Waals surface area contributed by atoms with Gasteiger partial charge in [-0.15, -0.1) is 0 Å². The third kappa shape index (κ3) is 9.52. The number of amides is 1. The number of carbonyl (C=O) groups excluding carboxylic acids is 1. The lowest BCUT2D eigenvalue weighted by Gasteiger charge is -2.42. The summed E-state index contributed by atoms with van der Waals surface area (Å²) in [6.45, 7) is 10.9. The van der Waals surface area contributed by atoms with Gasteiger partial charge in [-0.3, -0.25) is 14.6 Å². The molecule has 2 aliphatic heterocycles. The number of hydrogen-bond donors (Lipinski definition) is 0. The molecule has 2 fully saturated rings. The van der Waals surface area contributed by atoms with Crippen LogP contribution in [0.15, 0.2) is 116 Å². The van der Waals surface area contributed by atoms with E-state index in [2.05, 4.69) is 64.7 Å². The second kappa shape index (κ2) is 18.0. The van der Waals surface area contributed by atoms with Gasteiger partial charge in [0, 0.05) is 56.4 Å². The van der Waals surface area contributed by atoms with Crippen molar-refractivity contribution < 1.29 is 19.0 Å². The molecule has 276 valence electrons. The summed E-state index contributed by atoms with van der Waals surface area (Å²) in [4.78, 5) is 29.9. The van der Waals surface area contributed by atoms with Crippen molar-refractivity contribution >= 4 is 5.91 Å². The zero-order valence-electron chi connectivity index (χ0n) is 31.1. The van der Waals surface area contributed by atoms with E-state index in [1.54, 1.807) is 0 Å². The summed E-state index contributed by atoms with van der Waals surface area (Å²) in [5, 5.41) is 0. The molecule has 0 radical (unpaired) electrons. The fourth-order valence-electron chi connectivity index (χ4n) is 6.83. The Morgan fingerprint density at radius 1 is 0.704 bits per heavy atom. The third-order valence-corrected chi connectivity index (χ3v) is 9.82. The molecule has 0 aliphatic carbocycles. The molecule has 0 N–H and O–H groups in total. The number of carbonyl (C=O) groups is 1. The molecule has 9 heteroatoms. The summed E-state index contributed by atoms with van der Waals surface area (Å²) in [5.41, 5.74) is 6.74. The van der Waals surface area contributed by atoms with Gasteiger partial charge in [-0.2, -0.15) is 4.98 Å². The van der Waals surface area contributed by atoms with E-state index in [1.165, 1.54) is 11.9 Å². The Labute approximate surface area is 318 Å². The van der Waals surface area contributed by atoms with Crippen molar-refractivity contribution in [1.82, 2.24) is 24.7 Å². The number of ether oxygens (including phenoxy) is 3. The highest BCUT2D eigenvalue weighted by molar-refractivity contribution is 5.84. The zero-order chi connectivity index (χ0) is 37.1. The van der Waals surface area contributed by atoms with Gasteiger partial charge >= 0.3 is 0 Å². The van der Waals surface area contributed by atoms with E-state index in [0.29, 0.717) is 50.2 Å². The van der Waals surface area contributed by atoms with Gasteiger partial charge in [0.1, 0.15) is 31.3 Å².